The van der Waals surface area contributed by atoms with Crippen LogP contribution in [-0.2, 0) is 45.3 Å². The number of anilines is 3. The molecule has 18 heteroatoms. The van der Waals surface area contributed by atoms with Crippen LogP contribution in [0.1, 0.15) is 82.4 Å². The van der Waals surface area contributed by atoms with E-state index in [0.717, 1.165) is 49.4 Å². The van der Waals surface area contributed by atoms with Gasteiger partial charge in [0.1, 0.15) is 17.4 Å². The van der Waals surface area contributed by atoms with Crippen molar-refractivity contribution >= 4 is 61.6 Å². The Morgan fingerprint density at radius 2 is 1.74 bits per heavy atom. The lowest BCUT2D eigenvalue weighted by Gasteiger charge is -2.29. The number of hydrogen-bond acceptors (Lipinski definition) is 10. The van der Waals surface area contributed by atoms with Crippen LogP contribution in [0.3, 0.4) is 0 Å². The number of benzene rings is 2. The van der Waals surface area contributed by atoms with Crippen LogP contribution in [0.15, 0.2) is 59.8 Å². The number of aromatic amines is 1. The number of carbonyl (C=O) groups is 4. The minimum atomic E-state index is -3.65. The number of H-pyrrole nitrogens is 1. The van der Waals surface area contributed by atoms with Gasteiger partial charge in [-0.1, -0.05) is 25.3 Å². The summed E-state index contributed by atoms with van der Waals surface area (Å²) < 4.78 is 56.4. The van der Waals surface area contributed by atoms with Crippen LogP contribution >= 0.6 is 0 Å². The number of halogens is 2. The minimum Gasteiger partial charge on any atom is -0.385 e. The summed E-state index contributed by atoms with van der Waals surface area (Å²) in [5, 5.41) is 9.24. The van der Waals surface area contributed by atoms with Crippen LogP contribution in [0.2, 0.25) is 0 Å². The predicted octanol–water partition coefficient (Wildman–Crippen LogP) is 4.96. The number of imide groups is 1. The molecule has 0 aliphatic carbocycles. The molecule has 8 rings (SSSR count). The van der Waals surface area contributed by atoms with E-state index in [1.807, 2.05) is 6.07 Å². The van der Waals surface area contributed by atoms with Gasteiger partial charge < -0.3 is 30.0 Å². The minimum absolute atomic E-state index is 0.00110. The normalized spacial score (nSPS) is 16.1. The highest BCUT2D eigenvalue weighted by atomic mass is 32.2. The fraction of sp³-hybridized carbons (Fsp3) is 0.349. The number of hydrogen-bond donors (Lipinski definition) is 4. The van der Waals surface area contributed by atoms with Crippen LogP contribution in [0, 0.1) is 11.6 Å². The zero-order valence-electron chi connectivity index (χ0n) is 33.6. The summed E-state index contributed by atoms with van der Waals surface area (Å²) in [4.78, 5) is 74.4. The van der Waals surface area contributed by atoms with E-state index in [-0.39, 0.29) is 53.8 Å². The Bertz CT molecular complexity index is 2800. The molecule has 318 valence electrons. The largest absolute Gasteiger partial charge is 0.385 e. The van der Waals surface area contributed by atoms with Crippen LogP contribution in [-0.4, -0.2) is 76.9 Å². The monoisotopic (exact) mass is 854 g/mol. The van der Waals surface area contributed by atoms with Crippen molar-refractivity contribution in [3.05, 3.63) is 105 Å². The third-order valence-corrected chi connectivity index (χ3v) is 12.3. The molecular formula is C43H44F2N8O7S. The van der Waals surface area contributed by atoms with Gasteiger partial charge in [-0.2, -0.15) is 0 Å². The van der Waals surface area contributed by atoms with Crippen LogP contribution < -0.4 is 26.4 Å². The van der Waals surface area contributed by atoms with Gasteiger partial charge in [-0.15, -0.1) is 0 Å². The zero-order valence-corrected chi connectivity index (χ0v) is 34.4. The number of aryl methyl sites for hydroxylation is 1. The summed E-state index contributed by atoms with van der Waals surface area (Å²) in [6.07, 6.45) is 9.77. The second-order valence-electron chi connectivity index (χ2n) is 15.8. The Kier molecular flexibility index (Phi) is 11.2. The molecule has 0 saturated carbocycles. The Morgan fingerprint density at radius 3 is 2.49 bits per heavy atom. The number of unbranched alkanes of at least 4 members (excludes halogenated alkanes) is 4. The van der Waals surface area contributed by atoms with Gasteiger partial charge in [-0.05, 0) is 54.7 Å². The molecule has 2 aromatic carbocycles. The van der Waals surface area contributed by atoms with Crippen molar-refractivity contribution in [2.24, 2.45) is 7.05 Å². The maximum absolute atomic E-state index is 15.5. The number of nitrogens with zero attached hydrogens (tertiary/aromatic N) is 4. The number of sulfone groups is 1. The predicted molar refractivity (Wildman–Crippen MR) is 224 cm³/mol. The number of amides is 4. The maximum atomic E-state index is 15.5. The molecular weight excluding hydrogens is 811 g/mol. The average molecular weight is 855 g/mol. The maximum Gasteiger partial charge on any atom is 0.274 e. The van der Waals surface area contributed by atoms with Crippen molar-refractivity contribution in [3.8, 4) is 11.1 Å². The average Bonchev–Trinajstić information content (AvgIpc) is 3.75. The Labute approximate surface area is 349 Å². The van der Waals surface area contributed by atoms with Gasteiger partial charge in [0.15, 0.2) is 21.5 Å². The van der Waals surface area contributed by atoms with E-state index in [9.17, 15) is 36.8 Å². The fourth-order valence-electron chi connectivity index (χ4n) is 8.55. The first-order chi connectivity index (χ1) is 29.2. The van der Waals surface area contributed by atoms with E-state index < -0.39 is 45.1 Å². The number of fused-ring (bicyclic) bond motifs is 3. The summed E-state index contributed by atoms with van der Waals surface area (Å²) >= 11 is 0. The van der Waals surface area contributed by atoms with Gasteiger partial charge in [0.2, 0.25) is 11.8 Å². The molecule has 4 N–H and O–H groups in total. The van der Waals surface area contributed by atoms with Gasteiger partial charge in [-0.3, -0.25) is 29.3 Å². The summed E-state index contributed by atoms with van der Waals surface area (Å²) in [5.74, 6) is -4.02. The van der Waals surface area contributed by atoms with Gasteiger partial charge in [0, 0.05) is 96.7 Å². The first kappa shape index (κ1) is 41.3. The standard InChI is InChI=1S/C43H44F2N8O7S/c1-51-21-31-29-15-24(23-61(2,59)60)28(17-35(29)52(39-32(45)16-26(44)19-49-39)20-25-18-48-38(37(25)31)43(51)58)40(55)47-14-7-5-3-4-6-13-46-33-10-8-9-27-30(33)22-53(42(27)57)34-11-12-36(54)50-41(34)56/h8-10,15-19,21,34,46,48H,3-7,11-14,20,22-23H2,1-2H3,(H,47,55)(H,50,54,56). The lowest BCUT2D eigenvalue weighted by atomic mass is 9.96. The van der Waals surface area contributed by atoms with E-state index in [0.29, 0.717) is 70.8 Å². The quantitative estimate of drug-likeness (QED) is 0.0877. The Hall–Kier alpha value is -6.43. The third-order valence-electron chi connectivity index (χ3n) is 11.5. The topological polar surface area (TPSA) is 196 Å². The second-order valence-corrected chi connectivity index (χ2v) is 18.0. The second kappa shape index (κ2) is 16.6. The molecule has 1 saturated heterocycles. The van der Waals surface area contributed by atoms with E-state index in [4.69, 9.17) is 0 Å². The molecule has 0 spiro atoms. The van der Waals surface area contributed by atoms with Gasteiger partial charge in [0.05, 0.1) is 24.2 Å². The van der Waals surface area contributed by atoms with Crippen molar-refractivity contribution in [3.63, 3.8) is 0 Å². The van der Waals surface area contributed by atoms with Crippen molar-refractivity contribution in [1.29, 1.82) is 0 Å². The van der Waals surface area contributed by atoms with Gasteiger partial charge in [0.25, 0.3) is 17.4 Å². The number of nitrogens with one attached hydrogen (secondary N) is 4. The molecule has 3 aliphatic rings. The summed E-state index contributed by atoms with van der Waals surface area (Å²) in [5.41, 5.74) is 4.44. The molecule has 1 unspecified atom stereocenters. The highest BCUT2D eigenvalue weighted by Gasteiger charge is 2.40. The third kappa shape index (κ3) is 8.23. The molecule has 4 amide bonds. The van der Waals surface area contributed by atoms with Crippen molar-refractivity contribution in [2.75, 3.05) is 29.6 Å². The van der Waals surface area contributed by atoms with Gasteiger partial charge >= 0.3 is 0 Å². The lowest BCUT2D eigenvalue weighted by Crippen LogP contribution is -2.52. The Balaban J connectivity index is 0.921. The Morgan fingerprint density at radius 1 is 0.967 bits per heavy atom. The summed E-state index contributed by atoms with van der Waals surface area (Å²) in [7, 11) is -2.07. The number of aromatic nitrogens is 3. The van der Waals surface area contributed by atoms with E-state index >= 15 is 4.39 Å². The first-order valence-corrected chi connectivity index (χ1v) is 22.2. The SMILES string of the molecule is Cn1cc2c3c(c[nH]c3c1=O)CN(c1ncc(F)cc1F)c1cc(C(=O)NCCCCCCCNc3cccc4c3CN(C3CCC(=O)NC3=O)C4=O)c(CS(C)(=O)=O)cc1-2. The molecule has 6 heterocycles. The zero-order chi connectivity index (χ0) is 43.2. The van der Waals surface area contributed by atoms with Crippen molar-refractivity contribution in [1.82, 2.24) is 30.1 Å². The number of rotatable bonds is 14. The summed E-state index contributed by atoms with van der Waals surface area (Å²) in [6, 6.07) is 8.59. The van der Waals surface area contributed by atoms with Crippen LogP contribution in [0.4, 0.5) is 26.0 Å². The molecule has 61 heavy (non-hydrogen) atoms. The van der Waals surface area contributed by atoms with E-state index in [1.54, 1.807) is 37.6 Å². The van der Waals surface area contributed by atoms with Crippen LogP contribution in [0.5, 0.6) is 0 Å². The smallest absolute Gasteiger partial charge is 0.274 e. The van der Waals surface area contributed by atoms with E-state index in [1.165, 1.54) is 20.4 Å². The summed E-state index contributed by atoms with van der Waals surface area (Å²) in [6.45, 7) is 1.25. The number of carbonyl (C=O) groups excluding carboxylic acids is 4. The van der Waals surface area contributed by atoms with Crippen molar-refractivity contribution in [2.45, 2.75) is 69.8 Å². The number of pyridine rings is 2. The molecule has 1 atom stereocenters. The van der Waals surface area contributed by atoms with Crippen molar-refractivity contribution < 1.29 is 36.4 Å². The van der Waals surface area contributed by atoms with Crippen LogP contribution in [0.25, 0.3) is 22.0 Å². The highest BCUT2D eigenvalue weighted by molar-refractivity contribution is 7.89. The fourth-order valence-corrected chi connectivity index (χ4v) is 9.35. The molecule has 15 nitrogen and oxygen atoms in total. The molecule has 0 bridgehead atoms. The van der Waals surface area contributed by atoms with E-state index in [2.05, 4.69) is 25.9 Å². The van der Waals surface area contributed by atoms with Gasteiger partial charge in [-0.25, -0.2) is 22.2 Å². The number of piperidine rings is 1. The molecule has 1 fully saturated rings. The molecule has 0 radical (unpaired) electrons. The highest BCUT2D eigenvalue weighted by Crippen LogP contribution is 2.45. The molecule has 3 aliphatic heterocycles. The first-order valence-electron chi connectivity index (χ1n) is 20.1. The molecule has 5 aromatic rings. The molecule has 3 aromatic heterocycles. The lowest BCUT2D eigenvalue weighted by molar-refractivity contribution is -0.136.